The van der Waals surface area contributed by atoms with Gasteiger partial charge in [0, 0.05) is 24.7 Å². The fourth-order valence-electron chi connectivity index (χ4n) is 4.16. The summed E-state index contributed by atoms with van der Waals surface area (Å²) in [5.74, 6) is 1.05. The van der Waals surface area contributed by atoms with Gasteiger partial charge >= 0.3 is 0 Å². The fourth-order valence-corrected chi connectivity index (χ4v) is 4.16. The van der Waals surface area contributed by atoms with Crippen molar-refractivity contribution in [3.05, 3.63) is 0 Å². The van der Waals surface area contributed by atoms with Crippen LogP contribution in [0, 0.1) is 5.92 Å². The van der Waals surface area contributed by atoms with E-state index in [1.54, 1.807) is 0 Å². The quantitative estimate of drug-likeness (QED) is 0.733. The Hall–Kier alpha value is -0.0800. The highest BCUT2D eigenvalue weighted by Crippen LogP contribution is 2.38. The van der Waals surface area contributed by atoms with Crippen LogP contribution in [0.4, 0.5) is 0 Å². The van der Waals surface area contributed by atoms with Gasteiger partial charge in [0.15, 0.2) is 0 Å². The van der Waals surface area contributed by atoms with Crippen molar-refractivity contribution in [1.29, 1.82) is 0 Å². The van der Waals surface area contributed by atoms with Crippen molar-refractivity contribution in [2.75, 3.05) is 13.1 Å². The van der Waals surface area contributed by atoms with Gasteiger partial charge in [-0.1, -0.05) is 12.8 Å². The van der Waals surface area contributed by atoms with Crippen LogP contribution in [0.25, 0.3) is 0 Å². The number of hydrogen-bond donors (Lipinski definition) is 1. The first-order valence-electron chi connectivity index (χ1n) is 7.34. The minimum atomic E-state index is 0.751. The Morgan fingerprint density at radius 2 is 1.88 bits per heavy atom. The average Bonchev–Trinajstić information content (AvgIpc) is 2.74. The molecule has 4 atom stereocenters. The molecule has 1 N–H and O–H groups in total. The van der Waals surface area contributed by atoms with E-state index in [9.17, 15) is 0 Å². The topological polar surface area (TPSA) is 15.3 Å². The van der Waals surface area contributed by atoms with Crippen LogP contribution >= 0.6 is 0 Å². The van der Waals surface area contributed by atoms with Gasteiger partial charge in [0.05, 0.1) is 0 Å². The van der Waals surface area contributed by atoms with Crippen molar-refractivity contribution in [3.63, 3.8) is 0 Å². The number of likely N-dealkylation sites (tertiary alicyclic amines) is 1. The third-order valence-corrected chi connectivity index (χ3v) is 5.16. The molecule has 1 saturated carbocycles. The summed E-state index contributed by atoms with van der Waals surface area (Å²) in [6, 6.07) is 2.55. The first-order chi connectivity index (χ1) is 7.84. The number of nitrogens with zero attached hydrogens (tertiary/aromatic N) is 1. The van der Waals surface area contributed by atoms with Gasteiger partial charge in [-0.3, -0.25) is 4.90 Å². The smallest absolute Gasteiger partial charge is 0.0224 e. The largest absolute Gasteiger partial charge is 0.313 e. The minimum Gasteiger partial charge on any atom is -0.313 e. The van der Waals surface area contributed by atoms with Crippen LogP contribution in [0.1, 0.15) is 51.9 Å². The lowest BCUT2D eigenvalue weighted by atomic mass is 9.84. The molecule has 3 rings (SSSR count). The molecule has 16 heavy (non-hydrogen) atoms. The standard InChI is InChI=1S/C14H26N2/c1-11-6-7-13(10-15-11)16-9-8-12-4-2-3-5-14(12)16/h11-15H,2-10H2,1H3. The fraction of sp³-hybridized carbons (Fsp3) is 1.00. The molecule has 0 radical (unpaired) electrons. The molecule has 0 spiro atoms. The zero-order chi connectivity index (χ0) is 11.0. The van der Waals surface area contributed by atoms with E-state index in [-0.39, 0.29) is 0 Å². The van der Waals surface area contributed by atoms with Crippen molar-refractivity contribution in [2.45, 2.75) is 70.0 Å². The van der Waals surface area contributed by atoms with E-state index >= 15 is 0 Å². The lowest BCUT2D eigenvalue weighted by molar-refractivity contribution is 0.107. The molecule has 1 aliphatic carbocycles. The van der Waals surface area contributed by atoms with Gasteiger partial charge in [-0.15, -0.1) is 0 Å². The van der Waals surface area contributed by atoms with E-state index in [2.05, 4.69) is 17.1 Å². The van der Waals surface area contributed by atoms with Crippen LogP contribution in [-0.4, -0.2) is 36.1 Å². The number of piperidine rings is 1. The van der Waals surface area contributed by atoms with Crippen molar-refractivity contribution < 1.29 is 0 Å². The summed E-state index contributed by atoms with van der Waals surface area (Å²) in [6.45, 7) is 4.95. The molecule has 2 nitrogen and oxygen atoms in total. The van der Waals surface area contributed by atoms with Gasteiger partial charge in [-0.2, -0.15) is 0 Å². The van der Waals surface area contributed by atoms with Gasteiger partial charge in [0.25, 0.3) is 0 Å². The van der Waals surface area contributed by atoms with E-state index in [0.717, 1.165) is 24.0 Å². The average molecular weight is 222 g/mol. The third-order valence-electron chi connectivity index (χ3n) is 5.16. The molecule has 2 heteroatoms. The molecule has 2 aliphatic heterocycles. The van der Waals surface area contributed by atoms with Gasteiger partial charge in [-0.25, -0.2) is 0 Å². The Kier molecular flexibility index (Phi) is 3.21. The SMILES string of the molecule is CC1CCC(N2CCC3CCCCC32)CN1. The summed E-state index contributed by atoms with van der Waals surface area (Å²) in [7, 11) is 0. The van der Waals surface area contributed by atoms with Crippen molar-refractivity contribution in [2.24, 2.45) is 5.92 Å². The predicted molar refractivity (Wildman–Crippen MR) is 67.6 cm³/mol. The first kappa shape index (κ1) is 11.0. The summed E-state index contributed by atoms with van der Waals surface area (Å²) < 4.78 is 0. The maximum absolute atomic E-state index is 3.66. The van der Waals surface area contributed by atoms with E-state index in [1.165, 1.54) is 58.0 Å². The zero-order valence-corrected chi connectivity index (χ0v) is 10.6. The summed E-state index contributed by atoms with van der Waals surface area (Å²) in [6.07, 6.45) is 10.3. The summed E-state index contributed by atoms with van der Waals surface area (Å²) in [4.78, 5) is 2.86. The third kappa shape index (κ3) is 2.02. The number of fused-ring (bicyclic) bond motifs is 1. The molecule has 0 aromatic carbocycles. The van der Waals surface area contributed by atoms with Gasteiger partial charge in [0.1, 0.15) is 0 Å². The van der Waals surface area contributed by atoms with Crippen molar-refractivity contribution >= 4 is 0 Å². The van der Waals surface area contributed by atoms with Gasteiger partial charge in [0.2, 0.25) is 0 Å². The highest BCUT2D eigenvalue weighted by molar-refractivity contribution is 4.95. The Labute approximate surface area is 99.8 Å². The lowest BCUT2D eigenvalue weighted by Crippen LogP contribution is -2.51. The van der Waals surface area contributed by atoms with Crippen molar-refractivity contribution in [1.82, 2.24) is 10.2 Å². The van der Waals surface area contributed by atoms with Crippen molar-refractivity contribution in [3.8, 4) is 0 Å². The van der Waals surface area contributed by atoms with Crippen LogP contribution in [0.15, 0.2) is 0 Å². The second kappa shape index (κ2) is 4.66. The molecule has 3 aliphatic rings. The molecule has 92 valence electrons. The van der Waals surface area contributed by atoms with Crippen LogP contribution < -0.4 is 5.32 Å². The minimum absolute atomic E-state index is 0.751. The molecule has 0 aromatic heterocycles. The van der Waals surface area contributed by atoms with Crippen LogP contribution in [0.5, 0.6) is 0 Å². The number of nitrogens with one attached hydrogen (secondary N) is 1. The summed E-state index contributed by atoms with van der Waals surface area (Å²) in [5, 5.41) is 3.66. The Bertz CT molecular complexity index is 233. The van der Waals surface area contributed by atoms with Gasteiger partial charge in [-0.05, 0) is 51.5 Å². The first-order valence-corrected chi connectivity index (χ1v) is 7.34. The van der Waals surface area contributed by atoms with E-state index in [1.807, 2.05) is 0 Å². The maximum Gasteiger partial charge on any atom is 0.0224 e. The van der Waals surface area contributed by atoms with Crippen LogP contribution in [0.2, 0.25) is 0 Å². The normalized spacial score (nSPS) is 45.6. The highest BCUT2D eigenvalue weighted by atomic mass is 15.2. The van der Waals surface area contributed by atoms with Crippen LogP contribution in [-0.2, 0) is 0 Å². The molecule has 2 saturated heterocycles. The zero-order valence-electron chi connectivity index (χ0n) is 10.6. The Balaban J connectivity index is 1.62. The maximum atomic E-state index is 3.66. The molecular formula is C14H26N2. The molecular weight excluding hydrogens is 196 g/mol. The highest BCUT2D eigenvalue weighted by Gasteiger charge is 2.39. The van der Waals surface area contributed by atoms with Gasteiger partial charge < -0.3 is 5.32 Å². The second-order valence-corrected chi connectivity index (χ2v) is 6.18. The van der Waals surface area contributed by atoms with E-state index < -0.39 is 0 Å². The molecule has 2 heterocycles. The van der Waals surface area contributed by atoms with E-state index in [0.29, 0.717) is 0 Å². The second-order valence-electron chi connectivity index (χ2n) is 6.18. The lowest BCUT2D eigenvalue weighted by Gasteiger charge is -2.40. The monoisotopic (exact) mass is 222 g/mol. The predicted octanol–water partition coefficient (Wildman–Crippen LogP) is 2.39. The number of rotatable bonds is 1. The van der Waals surface area contributed by atoms with E-state index in [4.69, 9.17) is 0 Å². The summed E-state index contributed by atoms with van der Waals surface area (Å²) >= 11 is 0. The Morgan fingerprint density at radius 3 is 2.69 bits per heavy atom. The molecule has 4 unspecified atom stereocenters. The number of hydrogen-bond acceptors (Lipinski definition) is 2. The Morgan fingerprint density at radius 1 is 1.00 bits per heavy atom. The van der Waals surface area contributed by atoms with Crippen LogP contribution in [0.3, 0.4) is 0 Å². The molecule has 0 amide bonds. The molecule has 0 bridgehead atoms. The molecule has 3 fully saturated rings. The molecule has 0 aromatic rings. The summed E-state index contributed by atoms with van der Waals surface area (Å²) in [5.41, 5.74) is 0.